The molecule has 0 atom stereocenters. The number of anilines is 1. The zero-order valence-electron chi connectivity index (χ0n) is 14.4. The Balaban J connectivity index is 1.91. The van der Waals surface area contributed by atoms with Crippen LogP contribution in [0, 0.1) is 6.92 Å². The molecule has 0 fully saturated rings. The standard InChI is InChI=1S/C19H22ClN3O2/c1-3-21-18(24)15-8-7-13(2)17(12-15)23-19(25)22-10-9-14-5-4-6-16(20)11-14/h4-8,11-12H,3,9-10H2,1-2H3,(H,21,24)(H2,22,23,25). The predicted octanol–water partition coefficient (Wildman–Crippen LogP) is 3.76. The highest BCUT2D eigenvalue weighted by Crippen LogP contribution is 2.17. The van der Waals surface area contributed by atoms with Crippen LogP contribution in [0.1, 0.15) is 28.4 Å². The molecule has 2 aromatic carbocycles. The molecule has 2 aromatic rings. The van der Waals surface area contributed by atoms with Crippen LogP contribution in [0.15, 0.2) is 42.5 Å². The molecule has 0 aromatic heterocycles. The highest BCUT2D eigenvalue weighted by atomic mass is 35.5. The van der Waals surface area contributed by atoms with E-state index in [-0.39, 0.29) is 11.9 Å². The fourth-order valence-corrected chi connectivity index (χ4v) is 2.55. The van der Waals surface area contributed by atoms with Gasteiger partial charge in [0.15, 0.2) is 0 Å². The largest absolute Gasteiger partial charge is 0.352 e. The van der Waals surface area contributed by atoms with Crippen LogP contribution in [0.25, 0.3) is 0 Å². The van der Waals surface area contributed by atoms with Gasteiger partial charge >= 0.3 is 6.03 Å². The number of rotatable bonds is 6. The maximum Gasteiger partial charge on any atom is 0.319 e. The molecular weight excluding hydrogens is 338 g/mol. The zero-order valence-corrected chi connectivity index (χ0v) is 15.1. The molecule has 0 aliphatic rings. The molecule has 0 spiro atoms. The first-order chi connectivity index (χ1) is 12.0. The van der Waals surface area contributed by atoms with Crippen molar-refractivity contribution in [1.29, 1.82) is 0 Å². The van der Waals surface area contributed by atoms with Crippen molar-refractivity contribution in [1.82, 2.24) is 10.6 Å². The minimum atomic E-state index is -0.307. The zero-order chi connectivity index (χ0) is 18.2. The molecule has 0 heterocycles. The number of carbonyl (C=O) groups excluding carboxylic acids is 2. The first kappa shape index (κ1) is 18.8. The molecule has 6 heteroatoms. The Morgan fingerprint density at radius 1 is 1.08 bits per heavy atom. The minimum absolute atomic E-state index is 0.160. The van der Waals surface area contributed by atoms with Crippen molar-refractivity contribution in [3.8, 4) is 0 Å². The van der Waals surface area contributed by atoms with Gasteiger partial charge < -0.3 is 16.0 Å². The van der Waals surface area contributed by atoms with E-state index < -0.39 is 0 Å². The predicted molar refractivity (Wildman–Crippen MR) is 101 cm³/mol. The van der Waals surface area contributed by atoms with Gasteiger partial charge in [0.1, 0.15) is 0 Å². The lowest BCUT2D eigenvalue weighted by Gasteiger charge is -2.12. The van der Waals surface area contributed by atoms with E-state index in [9.17, 15) is 9.59 Å². The number of urea groups is 1. The second kappa shape index (κ2) is 9.08. The molecule has 0 saturated heterocycles. The van der Waals surface area contributed by atoms with Crippen LogP contribution in [0.3, 0.4) is 0 Å². The molecule has 0 bridgehead atoms. The molecule has 3 N–H and O–H groups in total. The summed E-state index contributed by atoms with van der Waals surface area (Å²) < 4.78 is 0. The van der Waals surface area contributed by atoms with Crippen molar-refractivity contribution in [2.24, 2.45) is 0 Å². The quantitative estimate of drug-likeness (QED) is 0.734. The highest BCUT2D eigenvalue weighted by Gasteiger charge is 2.09. The van der Waals surface area contributed by atoms with Gasteiger partial charge in [0.25, 0.3) is 5.91 Å². The minimum Gasteiger partial charge on any atom is -0.352 e. The van der Waals surface area contributed by atoms with E-state index in [1.54, 1.807) is 12.1 Å². The first-order valence-electron chi connectivity index (χ1n) is 8.17. The van der Waals surface area contributed by atoms with E-state index in [0.29, 0.717) is 35.8 Å². The van der Waals surface area contributed by atoms with Gasteiger partial charge in [-0.15, -0.1) is 0 Å². The van der Waals surface area contributed by atoms with Crippen LogP contribution in [0.2, 0.25) is 5.02 Å². The van der Waals surface area contributed by atoms with Crippen molar-refractivity contribution in [3.05, 3.63) is 64.2 Å². The van der Waals surface area contributed by atoms with Crippen LogP contribution >= 0.6 is 11.6 Å². The Morgan fingerprint density at radius 3 is 2.60 bits per heavy atom. The van der Waals surface area contributed by atoms with Crippen LogP contribution < -0.4 is 16.0 Å². The van der Waals surface area contributed by atoms with Gasteiger partial charge in [-0.2, -0.15) is 0 Å². The summed E-state index contributed by atoms with van der Waals surface area (Å²) in [6, 6.07) is 12.5. The van der Waals surface area contributed by atoms with Crippen molar-refractivity contribution < 1.29 is 9.59 Å². The van der Waals surface area contributed by atoms with Crippen LogP contribution in [-0.4, -0.2) is 25.0 Å². The van der Waals surface area contributed by atoms with E-state index in [0.717, 1.165) is 11.1 Å². The van der Waals surface area contributed by atoms with Gasteiger partial charge in [-0.25, -0.2) is 4.79 Å². The lowest BCUT2D eigenvalue weighted by Crippen LogP contribution is -2.31. The fourth-order valence-electron chi connectivity index (χ4n) is 2.34. The summed E-state index contributed by atoms with van der Waals surface area (Å²) in [4.78, 5) is 24.0. The van der Waals surface area contributed by atoms with E-state index in [1.807, 2.05) is 44.2 Å². The number of halogens is 1. The molecule has 0 unspecified atom stereocenters. The van der Waals surface area contributed by atoms with Crippen molar-refractivity contribution in [2.75, 3.05) is 18.4 Å². The lowest BCUT2D eigenvalue weighted by atomic mass is 10.1. The number of hydrogen-bond donors (Lipinski definition) is 3. The molecule has 0 saturated carbocycles. The second-order valence-corrected chi connectivity index (χ2v) is 6.09. The average Bonchev–Trinajstić information content (AvgIpc) is 2.57. The second-order valence-electron chi connectivity index (χ2n) is 5.65. The van der Waals surface area contributed by atoms with Crippen LogP contribution in [-0.2, 0) is 6.42 Å². The fraction of sp³-hybridized carbons (Fsp3) is 0.263. The Kier molecular flexibility index (Phi) is 6.83. The highest BCUT2D eigenvalue weighted by molar-refractivity contribution is 6.30. The van der Waals surface area contributed by atoms with Crippen LogP contribution in [0.5, 0.6) is 0 Å². The molecular formula is C19H22ClN3O2. The van der Waals surface area contributed by atoms with Crippen molar-refractivity contribution in [2.45, 2.75) is 20.3 Å². The number of aryl methyl sites for hydroxylation is 1. The van der Waals surface area contributed by atoms with Gasteiger partial charge in [-0.1, -0.05) is 29.8 Å². The SMILES string of the molecule is CCNC(=O)c1ccc(C)c(NC(=O)NCCc2cccc(Cl)c2)c1. The Labute approximate surface area is 152 Å². The summed E-state index contributed by atoms with van der Waals surface area (Å²) in [6.45, 7) is 4.78. The molecule has 3 amide bonds. The average molecular weight is 360 g/mol. The number of benzene rings is 2. The summed E-state index contributed by atoms with van der Waals surface area (Å²) in [5, 5.41) is 9.02. The topological polar surface area (TPSA) is 70.2 Å². The molecule has 5 nitrogen and oxygen atoms in total. The molecule has 2 rings (SSSR count). The Hall–Kier alpha value is -2.53. The molecule has 25 heavy (non-hydrogen) atoms. The van der Waals surface area contributed by atoms with Gasteiger partial charge in [0.05, 0.1) is 0 Å². The van der Waals surface area contributed by atoms with Crippen molar-refractivity contribution in [3.63, 3.8) is 0 Å². The summed E-state index contributed by atoms with van der Waals surface area (Å²) in [5.41, 5.74) is 3.07. The van der Waals surface area contributed by atoms with Crippen LogP contribution in [0.4, 0.5) is 10.5 Å². The van der Waals surface area contributed by atoms with E-state index in [2.05, 4.69) is 16.0 Å². The van der Waals surface area contributed by atoms with Gasteiger partial charge in [-0.3, -0.25) is 4.79 Å². The lowest BCUT2D eigenvalue weighted by molar-refractivity contribution is 0.0956. The molecule has 132 valence electrons. The van der Waals surface area contributed by atoms with E-state index in [1.165, 1.54) is 0 Å². The number of amides is 3. The molecule has 0 aliphatic carbocycles. The summed E-state index contributed by atoms with van der Waals surface area (Å²) in [6.07, 6.45) is 0.686. The first-order valence-corrected chi connectivity index (χ1v) is 8.55. The third-order valence-electron chi connectivity index (χ3n) is 3.67. The third kappa shape index (κ3) is 5.80. The van der Waals surface area contributed by atoms with Crippen molar-refractivity contribution >= 4 is 29.2 Å². The number of nitrogens with one attached hydrogen (secondary N) is 3. The normalized spacial score (nSPS) is 10.2. The number of hydrogen-bond acceptors (Lipinski definition) is 2. The molecule has 0 radical (unpaired) electrons. The molecule has 0 aliphatic heterocycles. The summed E-state index contributed by atoms with van der Waals surface area (Å²) in [5.74, 6) is -0.160. The monoisotopic (exact) mass is 359 g/mol. The van der Waals surface area contributed by atoms with Gasteiger partial charge in [-0.05, 0) is 55.7 Å². The summed E-state index contributed by atoms with van der Waals surface area (Å²) >= 11 is 5.94. The maximum atomic E-state index is 12.1. The number of carbonyl (C=O) groups is 2. The van der Waals surface area contributed by atoms with Gasteiger partial charge in [0, 0.05) is 29.4 Å². The third-order valence-corrected chi connectivity index (χ3v) is 3.91. The van der Waals surface area contributed by atoms with E-state index in [4.69, 9.17) is 11.6 Å². The van der Waals surface area contributed by atoms with E-state index >= 15 is 0 Å². The maximum absolute atomic E-state index is 12.1. The Morgan fingerprint density at radius 2 is 1.88 bits per heavy atom. The van der Waals surface area contributed by atoms with Gasteiger partial charge in [0.2, 0.25) is 0 Å². The smallest absolute Gasteiger partial charge is 0.319 e. The summed E-state index contributed by atoms with van der Waals surface area (Å²) in [7, 11) is 0. The Bertz CT molecular complexity index is 762.